The Labute approximate surface area is 117 Å². The Balaban J connectivity index is 2.80. The number of hydrogen-bond donors (Lipinski definition) is 1. The van der Waals surface area contributed by atoms with Crippen LogP contribution in [0.2, 0.25) is 0 Å². The van der Waals surface area contributed by atoms with Gasteiger partial charge in [-0.05, 0) is 48.0 Å². The highest BCUT2D eigenvalue weighted by Gasteiger charge is 2.14. The second-order valence-corrected chi connectivity index (χ2v) is 5.33. The van der Waals surface area contributed by atoms with Crippen molar-refractivity contribution in [3.63, 3.8) is 0 Å². The fourth-order valence-corrected chi connectivity index (χ4v) is 2.27. The second kappa shape index (κ2) is 7.46. The van der Waals surface area contributed by atoms with E-state index in [1.807, 2.05) is 20.2 Å². The lowest BCUT2D eigenvalue weighted by Crippen LogP contribution is -2.32. The molecule has 0 aliphatic rings. The van der Waals surface area contributed by atoms with Crippen LogP contribution in [0.3, 0.4) is 0 Å². The van der Waals surface area contributed by atoms with Crippen LogP contribution in [0.4, 0.5) is 0 Å². The van der Waals surface area contributed by atoms with E-state index in [1.165, 1.54) is 0 Å². The van der Waals surface area contributed by atoms with Gasteiger partial charge in [-0.1, -0.05) is 0 Å². The van der Waals surface area contributed by atoms with Crippen molar-refractivity contribution in [3.05, 3.63) is 23.0 Å². The van der Waals surface area contributed by atoms with Crippen molar-refractivity contribution in [3.8, 4) is 5.75 Å². The van der Waals surface area contributed by atoms with Crippen LogP contribution in [-0.2, 0) is 6.42 Å². The summed E-state index contributed by atoms with van der Waals surface area (Å²) in [6.07, 6.45) is 3.95. The number of likely N-dealkylation sites (N-methyl/N-ethyl adjacent to an activating group) is 1. The van der Waals surface area contributed by atoms with Gasteiger partial charge >= 0.3 is 0 Å². The summed E-state index contributed by atoms with van der Waals surface area (Å²) >= 11 is 0. The molecule has 1 unspecified atom stereocenters. The summed E-state index contributed by atoms with van der Waals surface area (Å²) in [7, 11) is 7.94. The molecule has 0 aromatic carbocycles. The topological polar surface area (TPSA) is 37.4 Å². The first-order chi connectivity index (χ1) is 8.99. The number of methoxy groups -OCH3 is 1. The molecule has 19 heavy (non-hydrogen) atoms. The van der Waals surface area contributed by atoms with E-state index in [9.17, 15) is 0 Å². The molecule has 4 heteroatoms. The van der Waals surface area contributed by atoms with E-state index in [0.29, 0.717) is 6.04 Å². The van der Waals surface area contributed by atoms with Crippen LogP contribution in [0.5, 0.6) is 5.75 Å². The first kappa shape index (κ1) is 15.9. The fraction of sp³-hybridized carbons (Fsp3) is 0.667. The molecule has 4 nitrogen and oxygen atoms in total. The molecule has 1 N–H and O–H groups in total. The van der Waals surface area contributed by atoms with E-state index in [2.05, 4.69) is 36.2 Å². The zero-order chi connectivity index (χ0) is 14.4. The van der Waals surface area contributed by atoms with Crippen LogP contribution < -0.4 is 10.1 Å². The summed E-state index contributed by atoms with van der Waals surface area (Å²) in [6.45, 7) is 5.20. The zero-order valence-electron chi connectivity index (χ0n) is 13.1. The molecule has 1 atom stereocenters. The quantitative estimate of drug-likeness (QED) is 0.815. The highest BCUT2D eigenvalue weighted by Crippen LogP contribution is 2.24. The third-order valence-corrected chi connectivity index (χ3v) is 3.52. The lowest BCUT2D eigenvalue weighted by molar-refractivity contribution is 0.362. The summed E-state index contributed by atoms with van der Waals surface area (Å²) in [5.41, 5.74) is 3.38. The van der Waals surface area contributed by atoms with E-state index >= 15 is 0 Å². The first-order valence-electron chi connectivity index (χ1n) is 6.80. The van der Waals surface area contributed by atoms with E-state index < -0.39 is 0 Å². The molecule has 1 aromatic rings. The molecule has 0 amide bonds. The highest BCUT2D eigenvalue weighted by atomic mass is 16.5. The van der Waals surface area contributed by atoms with Gasteiger partial charge < -0.3 is 15.0 Å². The van der Waals surface area contributed by atoms with Crippen LogP contribution in [-0.4, -0.2) is 50.7 Å². The Morgan fingerprint density at radius 1 is 1.37 bits per heavy atom. The second-order valence-electron chi connectivity index (χ2n) is 5.33. The van der Waals surface area contributed by atoms with Crippen molar-refractivity contribution in [2.75, 3.05) is 34.8 Å². The number of ether oxygens (including phenoxy) is 1. The van der Waals surface area contributed by atoms with Crippen molar-refractivity contribution in [2.45, 2.75) is 32.7 Å². The molecule has 0 saturated carbocycles. The SMILES string of the molecule is CNC(CCN(C)C)Cc1ncc(C)c(OC)c1C. The molecule has 0 bridgehead atoms. The number of pyridine rings is 1. The third kappa shape index (κ3) is 4.48. The van der Waals surface area contributed by atoms with Gasteiger partial charge in [-0.3, -0.25) is 4.98 Å². The number of hydrogen-bond acceptors (Lipinski definition) is 4. The Hall–Kier alpha value is -1.13. The molecule has 0 aliphatic heterocycles. The largest absolute Gasteiger partial charge is 0.496 e. The van der Waals surface area contributed by atoms with Crippen molar-refractivity contribution in [2.24, 2.45) is 0 Å². The molecule has 0 fully saturated rings. The van der Waals surface area contributed by atoms with Gasteiger partial charge in [-0.2, -0.15) is 0 Å². The molecule has 0 saturated heterocycles. The van der Waals surface area contributed by atoms with Crippen molar-refractivity contribution in [1.82, 2.24) is 15.2 Å². The minimum atomic E-state index is 0.445. The fourth-order valence-electron chi connectivity index (χ4n) is 2.27. The lowest BCUT2D eigenvalue weighted by Gasteiger charge is -2.20. The summed E-state index contributed by atoms with van der Waals surface area (Å²) in [5, 5.41) is 3.38. The summed E-state index contributed by atoms with van der Waals surface area (Å²) in [6, 6.07) is 0.445. The van der Waals surface area contributed by atoms with Gasteiger partial charge in [0.2, 0.25) is 0 Å². The average molecular weight is 265 g/mol. The minimum absolute atomic E-state index is 0.445. The normalized spacial score (nSPS) is 12.8. The van der Waals surface area contributed by atoms with E-state index in [4.69, 9.17) is 4.74 Å². The molecule has 1 aromatic heterocycles. The highest BCUT2D eigenvalue weighted by molar-refractivity contribution is 5.41. The summed E-state index contributed by atoms with van der Waals surface area (Å²) in [4.78, 5) is 6.78. The Morgan fingerprint density at radius 3 is 2.58 bits per heavy atom. The van der Waals surface area contributed by atoms with Crippen molar-refractivity contribution >= 4 is 0 Å². The monoisotopic (exact) mass is 265 g/mol. The van der Waals surface area contributed by atoms with Gasteiger partial charge in [0.15, 0.2) is 0 Å². The van der Waals surface area contributed by atoms with Crippen LogP contribution in [0.15, 0.2) is 6.20 Å². The van der Waals surface area contributed by atoms with Crippen LogP contribution in [0, 0.1) is 13.8 Å². The molecule has 108 valence electrons. The van der Waals surface area contributed by atoms with Crippen molar-refractivity contribution < 1.29 is 4.74 Å². The molecule has 0 aliphatic carbocycles. The number of nitrogens with zero attached hydrogens (tertiary/aromatic N) is 2. The van der Waals surface area contributed by atoms with Crippen LogP contribution in [0.1, 0.15) is 23.2 Å². The summed E-state index contributed by atoms with van der Waals surface area (Å²) in [5.74, 6) is 0.965. The summed E-state index contributed by atoms with van der Waals surface area (Å²) < 4.78 is 5.46. The first-order valence-corrected chi connectivity index (χ1v) is 6.80. The van der Waals surface area contributed by atoms with Crippen LogP contribution in [0.25, 0.3) is 0 Å². The predicted octanol–water partition coefficient (Wildman–Crippen LogP) is 1.79. The number of aromatic nitrogens is 1. The number of rotatable bonds is 7. The number of aryl methyl sites for hydroxylation is 1. The Bertz CT molecular complexity index is 405. The smallest absolute Gasteiger partial charge is 0.128 e. The standard InChI is InChI=1S/C15H27N3O/c1-11-10-17-14(12(2)15(11)19-6)9-13(16-3)7-8-18(4)5/h10,13,16H,7-9H2,1-6H3. The third-order valence-electron chi connectivity index (χ3n) is 3.52. The Kier molecular flexibility index (Phi) is 6.25. The van der Waals surface area contributed by atoms with E-state index in [0.717, 1.165) is 42.0 Å². The average Bonchev–Trinajstić information content (AvgIpc) is 2.37. The molecule has 1 heterocycles. The Morgan fingerprint density at radius 2 is 2.05 bits per heavy atom. The van der Waals surface area contributed by atoms with Gasteiger partial charge in [0, 0.05) is 35.5 Å². The maximum absolute atomic E-state index is 5.46. The van der Waals surface area contributed by atoms with Gasteiger partial charge in [0.25, 0.3) is 0 Å². The van der Waals surface area contributed by atoms with Gasteiger partial charge in [0.05, 0.1) is 7.11 Å². The predicted molar refractivity (Wildman–Crippen MR) is 80.0 cm³/mol. The van der Waals surface area contributed by atoms with Crippen molar-refractivity contribution in [1.29, 1.82) is 0 Å². The van der Waals surface area contributed by atoms with Gasteiger partial charge in [0.1, 0.15) is 5.75 Å². The minimum Gasteiger partial charge on any atom is -0.496 e. The molecule has 1 rings (SSSR count). The van der Waals surface area contributed by atoms with Gasteiger partial charge in [-0.15, -0.1) is 0 Å². The van der Waals surface area contributed by atoms with Crippen LogP contribution >= 0.6 is 0 Å². The molecule has 0 spiro atoms. The van der Waals surface area contributed by atoms with E-state index in [1.54, 1.807) is 7.11 Å². The molecule has 0 radical (unpaired) electrons. The maximum atomic E-state index is 5.46. The molecular formula is C15H27N3O. The molecular weight excluding hydrogens is 238 g/mol. The lowest BCUT2D eigenvalue weighted by atomic mass is 10.0. The zero-order valence-corrected chi connectivity index (χ0v) is 13.1. The maximum Gasteiger partial charge on any atom is 0.128 e. The van der Waals surface area contributed by atoms with E-state index in [-0.39, 0.29) is 0 Å². The number of nitrogens with one attached hydrogen (secondary N) is 1. The van der Waals surface area contributed by atoms with Gasteiger partial charge in [-0.25, -0.2) is 0 Å².